The van der Waals surface area contributed by atoms with Gasteiger partial charge >= 0.3 is 0 Å². The molecule has 0 spiro atoms. The molecule has 0 amide bonds. The van der Waals surface area contributed by atoms with E-state index in [1.165, 1.54) is 25.7 Å². The average Bonchev–Trinajstić information content (AvgIpc) is 2.83. The van der Waals surface area contributed by atoms with Crippen LogP contribution in [0.2, 0.25) is 0 Å². The molecule has 0 saturated heterocycles. The molecule has 78 valence electrons. The van der Waals surface area contributed by atoms with Gasteiger partial charge in [0.15, 0.2) is 5.65 Å². The number of imidazole rings is 1. The molecular weight excluding hydrogens is 190 g/mol. The Balaban J connectivity index is 2.13. The van der Waals surface area contributed by atoms with Crippen molar-refractivity contribution in [3.05, 3.63) is 12.5 Å². The number of nitrogens with two attached hydrogens (primary N) is 1. The number of fused-ring (bicyclic) bond motifs is 1. The predicted octanol–water partition coefficient (Wildman–Crippen LogP) is 1.52. The van der Waals surface area contributed by atoms with Gasteiger partial charge in [0.05, 0.1) is 12.5 Å². The fourth-order valence-electron chi connectivity index (χ4n) is 2.29. The third-order valence-electron chi connectivity index (χ3n) is 3.05. The molecule has 2 heterocycles. The van der Waals surface area contributed by atoms with E-state index in [-0.39, 0.29) is 0 Å². The summed E-state index contributed by atoms with van der Waals surface area (Å²) < 4.78 is 2.14. The molecule has 5 heteroatoms. The van der Waals surface area contributed by atoms with E-state index in [1.807, 2.05) is 6.33 Å². The molecule has 1 aliphatic rings. The molecule has 0 unspecified atom stereocenters. The van der Waals surface area contributed by atoms with Crippen molar-refractivity contribution in [2.24, 2.45) is 0 Å². The number of hydrogen-bond acceptors (Lipinski definition) is 4. The molecule has 5 nitrogen and oxygen atoms in total. The van der Waals surface area contributed by atoms with Crippen LogP contribution >= 0.6 is 0 Å². The summed E-state index contributed by atoms with van der Waals surface area (Å²) in [5.41, 5.74) is 7.29. The summed E-state index contributed by atoms with van der Waals surface area (Å²) in [5, 5.41) is 0. The molecule has 0 radical (unpaired) electrons. The lowest BCUT2D eigenvalue weighted by molar-refractivity contribution is 0.529. The number of nitrogens with zero attached hydrogens (tertiary/aromatic N) is 4. The molecule has 0 aromatic carbocycles. The van der Waals surface area contributed by atoms with Gasteiger partial charge in [-0.25, -0.2) is 9.97 Å². The Morgan fingerprint density at radius 2 is 2.07 bits per heavy atom. The predicted molar refractivity (Wildman–Crippen MR) is 57.2 cm³/mol. The van der Waals surface area contributed by atoms with Crippen molar-refractivity contribution in [2.75, 3.05) is 5.73 Å². The standard InChI is InChI=1S/C10H13N5/c11-10-12-5-8-9(14-10)15(6-13-8)7-3-1-2-4-7/h5-7H,1-4H2,(H2,11,12,14). The fourth-order valence-corrected chi connectivity index (χ4v) is 2.29. The van der Waals surface area contributed by atoms with E-state index < -0.39 is 0 Å². The van der Waals surface area contributed by atoms with E-state index >= 15 is 0 Å². The SMILES string of the molecule is Nc1ncc2ncn(C3CCCC3)c2n1. The molecule has 1 aliphatic carbocycles. The number of hydrogen-bond donors (Lipinski definition) is 1. The molecule has 3 rings (SSSR count). The van der Waals surface area contributed by atoms with Gasteiger partial charge in [0.1, 0.15) is 5.52 Å². The van der Waals surface area contributed by atoms with Gasteiger partial charge in [-0.05, 0) is 12.8 Å². The van der Waals surface area contributed by atoms with Crippen LogP contribution in [0.3, 0.4) is 0 Å². The zero-order chi connectivity index (χ0) is 10.3. The first kappa shape index (κ1) is 8.64. The minimum absolute atomic E-state index is 0.322. The zero-order valence-corrected chi connectivity index (χ0v) is 8.43. The van der Waals surface area contributed by atoms with E-state index in [0.717, 1.165) is 11.2 Å². The Labute approximate surface area is 87.3 Å². The van der Waals surface area contributed by atoms with E-state index in [1.54, 1.807) is 6.20 Å². The first-order chi connectivity index (χ1) is 7.34. The molecule has 2 aromatic rings. The third kappa shape index (κ3) is 1.35. The molecular formula is C10H13N5. The van der Waals surface area contributed by atoms with Gasteiger partial charge in [-0.15, -0.1) is 0 Å². The van der Waals surface area contributed by atoms with E-state index in [4.69, 9.17) is 5.73 Å². The van der Waals surface area contributed by atoms with Gasteiger partial charge in [-0.3, -0.25) is 0 Å². The highest BCUT2D eigenvalue weighted by molar-refractivity contribution is 5.70. The van der Waals surface area contributed by atoms with Gasteiger partial charge in [-0.1, -0.05) is 12.8 Å². The minimum Gasteiger partial charge on any atom is -0.368 e. The second kappa shape index (κ2) is 3.18. The van der Waals surface area contributed by atoms with Crippen molar-refractivity contribution in [2.45, 2.75) is 31.7 Å². The van der Waals surface area contributed by atoms with E-state index in [2.05, 4.69) is 19.5 Å². The van der Waals surface area contributed by atoms with Crippen molar-refractivity contribution < 1.29 is 0 Å². The lowest BCUT2D eigenvalue weighted by Gasteiger charge is -2.10. The lowest BCUT2D eigenvalue weighted by atomic mass is 10.2. The van der Waals surface area contributed by atoms with Gasteiger partial charge < -0.3 is 10.3 Å². The summed E-state index contributed by atoms with van der Waals surface area (Å²) in [7, 11) is 0. The molecule has 15 heavy (non-hydrogen) atoms. The second-order valence-corrected chi connectivity index (χ2v) is 4.03. The van der Waals surface area contributed by atoms with Crippen LogP contribution in [0.25, 0.3) is 11.2 Å². The van der Waals surface area contributed by atoms with E-state index in [0.29, 0.717) is 12.0 Å². The highest BCUT2D eigenvalue weighted by Crippen LogP contribution is 2.31. The number of rotatable bonds is 1. The van der Waals surface area contributed by atoms with Gasteiger partial charge in [0.2, 0.25) is 5.95 Å². The number of nitrogen functional groups attached to an aromatic ring is 1. The Morgan fingerprint density at radius 3 is 2.87 bits per heavy atom. The van der Waals surface area contributed by atoms with E-state index in [9.17, 15) is 0 Å². The highest BCUT2D eigenvalue weighted by Gasteiger charge is 2.19. The Kier molecular flexibility index (Phi) is 1.83. The first-order valence-electron chi connectivity index (χ1n) is 5.29. The van der Waals surface area contributed by atoms with Crippen LogP contribution < -0.4 is 5.73 Å². The normalized spacial score (nSPS) is 17.6. The van der Waals surface area contributed by atoms with Crippen molar-refractivity contribution >= 4 is 17.1 Å². The lowest BCUT2D eigenvalue weighted by Crippen LogP contribution is -2.05. The van der Waals surface area contributed by atoms with Gasteiger partial charge in [0.25, 0.3) is 0 Å². The first-order valence-corrected chi connectivity index (χ1v) is 5.29. The molecule has 1 fully saturated rings. The summed E-state index contributed by atoms with van der Waals surface area (Å²) in [6.45, 7) is 0. The number of anilines is 1. The van der Waals surface area contributed by atoms with Crippen LogP contribution in [-0.2, 0) is 0 Å². The van der Waals surface area contributed by atoms with Gasteiger partial charge in [-0.2, -0.15) is 4.98 Å². The molecule has 1 saturated carbocycles. The average molecular weight is 203 g/mol. The second-order valence-electron chi connectivity index (χ2n) is 4.03. The summed E-state index contributed by atoms with van der Waals surface area (Å²) >= 11 is 0. The summed E-state index contributed by atoms with van der Waals surface area (Å²) in [4.78, 5) is 12.5. The zero-order valence-electron chi connectivity index (χ0n) is 8.43. The summed E-state index contributed by atoms with van der Waals surface area (Å²) in [6.07, 6.45) is 8.57. The minimum atomic E-state index is 0.322. The van der Waals surface area contributed by atoms with Crippen LogP contribution in [0.4, 0.5) is 5.95 Å². The van der Waals surface area contributed by atoms with Crippen LogP contribution in [0.15, 0.2) is 12.5 Å². The maximum Gasteiger partial charge on any atom is 0.222 e. The maximum absolute atomic E-state index is 5.59. The smallest absolute Gasteiger partial charge is 0.222 e. The number of aromatic nitrogens is 4. The molecule has 0 atom stereocenters. The summed E-state index contributed by atoms with van der Waals surface area (Å²) in [5.74, 6) is 0.322. The van der Waals surface area contributed by atoms with Crippen LogP contribution in [0, 0.1) is 0 Å². The Morgan fingerprint density at radius 1 is 1.27 bits per heavy atom. The van der Waals surface area contributed by atoms with Crippen molar-refractivity contribution in [1.29, 1.82) is 0 Å². The highest BCUT2D eigenvalue weighted by atomic mass is 15.2. The van der Waals surface area contributed by atoms with Crippen molar-refractivity contribution in [3.8, 4) is 0 Å². The Hall–Kier alpha value is -1.65. The maximum atomic E-state index is 5.59. The van der Waals surface area contributed by atoms with Crippen molar-refractivity contribution in [3.63, 3.8) is 0 Å². The largest absolute Gasteiger partial charge is 0.368 e. The third-order valence-corrected chi connectivity index (χ3v) is 3.05. The molecule has 2 aromatic heterocycles. The molecule has 0 bridgehead atoms. The van der Waals surface area contributed by atoms with Crippen LogP contribution in [0.1, 0.15) is 31.7 Å². The molecule has 2 N–H and O–H groups in total. The molecule has 0 aliphatic heterocycles. The van der Waals surface area contributed by atoms with Crippen molar-refractivity contribution in [1.82, 2.24) is 19.5 Å². The fraction of sp³-hybridized carbons (Fsp3) is 0.500. The Bertz CT molecular complexity index is 484. The topological polar surface area (TPSA) is 69.6 Å². The quantitative estimate of drug-likeness (QED) is 0.763. The van der Waals surface area contributed by atoms with Gasteiger partial charge in [0, 0.05) is 6.04 Å². The van der Waals surface area contributed by atoms with Crippen LogP contribution in [-0.4, -0.2) is 19.5 Å². The van der Waals surface area contributed by atoms with Crippen LogP contribution in [0.5, 0.6) is 0 Å². The summed E-state index contributed by atoms with van der Waals surface area (Å²) in [6, 6.07) is 0.546. The monoisotopic (exact) mass is 203 g/mol.